The molecule has 31 heavy (non-hydrogen) atoms. The Bertz CT molecular complexity index is 1010. The summed E-state index contributed by atoms with van der Waals surface area (Å²) < 4.78 is 0. The molecule has 0 unspecified atom stereocenters. The number of anilines is 1. The van der Waals surface area contributed by atoms with Gasteiger partial charge in [0.15, 0.2) is 11.0 Å². The minimum atomic E-state index is -0.229. The van der Waals surface area contributed by atoms with Crippen LogP contribution in [0.3, 0.4) is 0 Å². The van der Waals surface area contributed by atoms with E-state index in [0.29, 0.717) is 11.3 Å². The molecule has 0 bridgehead atoms. The summed E-state index contributed by atoms with van der Waals surface area (Å²) in [5, 5.41) is 1.75. The monoisotopic (exact) mass is 453 g/mol. The molecule has 2 aromatic carbocycles. The van der Waals surface area contributed by atoms with Gasteiger partial charge in [-0.25, -0.2) is 9.98 Å². The molecule has 1 heterocycles. The van der Waals surface area contributed by atoms with E-state index in [4.69, 9.17) is 21.6 Å². The van der Waals surface area contributed by atoms with Crippen LogP contribution in [0, 0.1) is 18.3 Å². The zero-order chi connectivity index (χ0) is 22.2. The van der Waals surface area contributed by atoms with Crippen LogP contribution in [0.5, 0.6) is 0 Å². The summed E-state index contributed by atoms with van der Waals surface area (Å²) in [6, 6.07) is 16.5. The number of thioether (sulfide) groups is 1. The second kappa shape index (κ2) is 8.63. The molecule has 4 rings (SSSR count). The smallest absolute Gasteiger partial charge is 0.170 e. The van der Waals surface area contributed by atoms with Gasteiger partial charge in [-0.2, -0.15) is 0 Å². The zero-order valence-electron chi connectivity index (χ0n) is 19.2. The number of amidine groups is 2. The van der Waals surface area contributed by atoms with Crippen molar-refractivity contribution in [2.75, 3.05) is 11.2 Å². The van der Waals surface area contributed by atoms with Gasteiger partial charge in [0, 0.05) is 10.7 Å². The normalized spacial score (nSPS) is 25.4. The van der Waals surface area contributed by atoms with Crippen molar-refractivity contribution >= 4 is 45.7 Å². The van der Waals surface area contributed by atoms with E-state index in [2.05, 4.69) is 75.2 Å². The van der Waals surface area contributed by atoms with E-state index in [1.807, 2.05) is 12.1 Å². The quantitative estimate of drug-likeness (QED) is 0.462. The topological polar surface area (TPSA) is 28.0 Å². The first-order chi connectivity index (χ1) is 14.7. The Kier molecular flexibility index (Phi) is 6.24. The number of para-hydroxylation sites is 1. The Hall–Kier alpha value is -1.78. The van der Waals surface area contributed by atoms with Crippen LogP contribution in [-0.4, -0.2) is 22.8 Å². The van der Waals surface area contributed by atoms with Crippen LogP contribution in [0.4, 0.5) is 11.4 Å². The Balaban J connectivity index is 1.83. The summed E-state index contributed by atoms with van der Waals surface area (Å²) in [6.07, 6.45) is 6.52. The van der Waals surface area contributed by atoms with Gasteiger partial charge in [0.1, 0.15) is 5.54 Å². The van der Waals surface area contributed by atoms with Gasteiger partial charge in [0.25, 0.3) is 0 Å². The summed E-state index contributed by atoms with van der Waals surface area (Å²) in [5.41, 5.74) is 3.37. The first kappa shape index (κ1) is 22.4. The van der Waals surface area contributed by atoms with E-state index in [1.165, 1.54) is 18.4 Å². The lowest BCUT2D eigenvalue weighted by molar-refractivity contribution is 0.158. The number of rotatable bonds is 2. The van der Waals surface area contributed by atoms with Crippen LogP contribution in [0.15, 0.2) is 58.5 Å². The maximum Gasteiger partial charge on any atom is 0.170 e. The predicted molar refractivity (Wildman–Crippen MR) is 137 cm³/mol. The molecule has 1 aliphatic heterocycles. The summed E-state index contributed by atoms with van der Waals surface area (Å²) in [6.45, 7) is 9.22. The first-order valence-electron chi connectivity index (χ1n) is 11.1. The van der Waals surface area contributed by atoms with Crippen LogP contribution in [-0.2, 0) is 0 Å². The molecule has 1 spiro atoms. The van der Waals surface area contributed by atoms with E-state index in [9.17, 15) is 0 Å². The summed E-state index contributed by atoms with van der Waals surface area (Å²) >= 11 is 8.09. The Morgan fingerprint density at radius 1 is 1.10 bits per heavy atom. The molecule has 0 amide bonds. The van der Waals surface area contributed by atoms with Gasteiger partial charge in [-0.05, 0) is 80.0 Å². The maximum absolute atomic E-state index is 6.41. The van der Waals surface area contributed by atoms with Gasteiger partial charge in [-0.1, -0.05) is 68.4 Å². The Labute approximate surface area is 196 Å². The standard InChI is InChI=1S/C26H32ClN3S/c1-18-9-6-7-12-22(18)28-23-26(15-13-19(14-16-26)25(2,3)4)30(24(29-23)31-5)21-11-8-10-20(27)17-21/h6-12,17,19H,13-16H2,1-5H3. The number of benzene rings is 2. The van der Waals surface area contributed by atoms with Crippen molar-refractivity contribution in [1.29, 1.82) is 0 Å². The van der Waals surface area contributed by atoms with Crippen molar-refractivity contribution in [3.05, 3.63) is 59.1 Å². The molecular weight excluding hydrogens is 422 g/mol. The van der Waals surface area contributed by atoms with Crippen LogP contribution in [0.25, 0.3) is 0 Å². The highest BCUT2D eigenvalue weighted by Crippen LogP contribution is 2.49. The number of aliphatic imine (C=N–C) groups is 2. The second-order valence-corrected chi connectivity index (χ2v) is 11.0. The van der Waals surface area contributed by atoms with E-state index < -0.39 is 0 Å². The van der Waals surface area contributed by atoms with Gasteiger partial charge in [0.05, 0.1) is 5.69 Å². The molecule has 1 saturated carbocycles. The fraction of sp³-hybridized carbons (Fsp3) is 0.462. The lowest BCUT2D eigenvalue weighted by Gasteiger charge is -2.47. The molecule has 0 N–H and O–H groups in total. The average molecular weight is 454 g/mol. The van der Waals surface area contributed by atoms with Crippen molar-refractivity contribution in [2.24, 2.45) is 21.3 Å². The molecule has 3 nitrogen and oxygen atoms in total. The van der Waals surface area contributed by atoms with E-state index in [0.717, 1.165) is 40.2 Å². The molecule has 1 aliphatic carbocycles. The van der Waals surface area contributed by atoms with Crippen molar-refractivity contribution in [3.63, 3.8) is 0 Å². The molecule has 0 saturated heterocycles. The summed E-state index contributed by atoms with van der Waals surface area (Å²) in [5.74, 6) is 1.65. The van der Waals surface area contributed by atoms with Gasteiger partial charge in [-0.3, -0.25) is 0 Å². The van der Waals surface area contributed by atoms with Crippen LogP contribution in [0.2, 0.25) is 5.02 Å². The second-order valence-electron chi connectivity index (χ2n) is 9.81. The summed E-state index contributed by atoms with van der Waals surface area (Å²) in [7, 11) is 0. The molecule has 0 aromatic heterocycles. The zero-order valence-corrected chi connectivity index (χ0v) is 20.7. The van der Waals surface area contributed by atoms with Crippen LogP contribution < -0.4 is 4.90 Å². The molecular formula is C26H32ClN3S. The predicted octanol–water partition coefficient (Wildman–Crippen LogP) is 7.89. The molecule has 1 fully saturated rings. The average Bonchev–Trinajstić information content (AvgIpc) is 3.02. The van der Waals surface area contributed by atoms with Gasteiger partial charge in [0.2, 0.25) is 0 Å². The lowest BCUT2D eigenvalue weighted by Crippen LogP contribution is -2.54. The molecule has 2 aromatic rings. The van der Waals surface area contributed by atoms with Gasteiger partial charge in [-0.15, -0.1) is 0 Å². The fourth-order valence-electron chi connectivity index (χ4n) is 4.98. The third-order valence-electron chi connectivity index (χ3n) is 6.87. The number of nitrogens with zero attached hydrogens (tertiary/aromatic N) is 3. The van der Waals surface area contributed by atoms with Crippen LogP contribution >= 0.6 is 23.4 Å². The van der Waals surface area contributed by atoms with E-state index in [1.54, 1.807) is 11.8 Å². The van der Waals surface area contributed by atoms with Gasteiger partial charge >= 0.3 is 0 Å². The molecule has 5 heteroatoms. The highest BCUT2D eigenvalue weighted by Gasteiger charge is 2.52. The first-order valence-corrected chi connectivity index (χ1v) is 12.7. The Morgan fingerprint density at radius 3 is 2.42 bits per heavy atom. The van der Waals surface area contributed by atoms with Crippen molar-refractivity contribution in [1.82, 2.24) is 0 Å². The fourth-order valence-corrected chi connectivity index (χ4v) is 5.80. The molecule has 2 aliphatic rings. The summed E-state index contributed by atoms with van der Waals surface area (Å²) in [4.78, 5) is 12.7. The van der Waals surface area contributed by atoms with E-state index >= 15 is 0 Å². The highest BCUT2D eigenvalue weighted by molar-refractivity contribution is 8.13. The highest BCUT2D eigenvalue weighted by atomic mass is 35.5. The largest absolute Gasteiger partial charge is 0.307 e. The number of halogens is 1. The van der Waals surface area contributed by atoms with E-state index in [-0.39, 0.29) is 5.54 Å². The van der Waals surface area contributed by atoms with Crippen molar-refractivity contribution < 1.29 is 0 Å². The third kappa shape index (κ3) is 4.29. The minimum absolute atomic E-state index is 0.229. The number of hydrogen-bond donors (Lipinski definition) is 0. The van der Waals surface area contributed by atoms with Gasteiger partial charge < -0.3 is 4.90 Å². The molecule has 0 radical (unpaired) electrons. The minimum Gasteiger partial charge on any atom is -0.307 e. The SMILES string of the molecule is CSC1=NC(=Nc2ccccc2C)C2(CCC(C(C)(C)C)CC2)N1c1cccc(Cl)c1. The van der Waals surface area contributed by atoms with Crippen molar-refractivity contribution in [2.45, 2.75) is 58.9 Å². The third-order valence-corrected chi connectivity index (χ3v) is 7.74. The number of hydrogen-bond acceptors (Lipinski definition) is 3. The van der Waals surface area contributed by atoms with Crippen molar-refractivity contribution in [3.8, 4) is 0 Å². The molecule has 164 valence electrons. The Morgan fingerprint density at radius 2 is 1.81 bits per heavy atom. The maximum atomic E-state index is 6.41. The van der Waals surface area contributed by atoms with Crippen LogP contribution in [0.1, 0.15) is 52.0 Å². The molecule has 0 atom stereocenters. The number of aryl methyl sites for hydroxylation is 1. The lowest BCUT2D eigenvalue weighted by atomic mass is 9.66.